The van der Waals surface area contributed by atoms with E-state index in [0.717, 1.165) is 74.6 Å². The number of carbonyl (C=O) groups excluding carboxylic acids is 4. The van der Waals surface area contributed by atoms with E-state index >= 15 is 0 Å². The molecule has 4 amide bonds. The van der Waals surface area contributed by atoms with E-state index in [1.165, 1.54) is 14.2 Å². The highest BCUT2D eigenvalue weighted by atomic mass is 16.5. The van der Waals surface area contributed by atoms with Gasteiger partial charge in [0, 0.05) is 40.7 Å². The Hall–Kier alpha value is -7.58. The number of nitrogens with one attached hydrogen (secondary N) is 4. The smallest absolute Gasteiger partial charge is 0.407 e. The first kappa shape index (κ1) is 46.4. The highest BCUT2D eigenvalue weighted by Crippen LogP contribution is 2.38. The van der Waals surface area contributed by atoms with Crippen LogP contribution >= 0.6 is 0 Å². The Bertz CT molecular complexity index is 2840. The van der Waals surface area contributed by atoms with E-state index in [4.69, 9.17) is 19.4 Å². The molecule has 2 saturated heterocycles. The molecule has 0 radical (unpaired) electrons. The minimum atomic E-state index is -1.02. The van der Waals surface area contributed by atoms with Crippen LogP contribution in [0.15, 0.2) is 85.1 Å². The zero-order chi connectivity index (χ0) is 47.1. The van der Waals surface area contributed by atoms with Crippen LogP contribution in [0.4, 0.5) is 9.59 Å². The van der Waals surface area contributed by atoms with Crippen molar-refractivity contribution in [3.05, 3.63) is 108 Å². The number of amides is 4. The van der Waals surface area contributed by atoms with Gasteiger partial charge in [0.05, 0.1) is 49.2 Å². The molecule has 2 aliphatic heterocycles. The number of aromatic nitrogens is 4. The van der Waals surface area contributed by atoms with Crippen molar-refractivity contribution >= 4 is 45.8 Å². The number of alkyl carbamates (subject to hydrolysis) is 2. The number of hydrogen-bond acceptors (Lipinski definition) is 8. The van der Waals surface area contributed by atoms with Gasteiger partial charge in [-0.2, -0.15) is 0 Å². The number of benzene rings is 3. The first-order valence-electron chi connectivity index (χ1n) is 22.2. The van der Waals surface area contributed by atoms with Gasteiger partial charge < -0.3 is 39.9 Å². The first-order chi connectivity index (χ1) is 31.9. The summed E-state index contributed by atoms with van der Waals surface area (Å²) in [5, 5.41) is 7.31. The zero-order valence-electron chi connectivity index (χ0n) is 38.5. The van der Waals surface area contributed by atoms with Crippen LogP contribution in [0.3, 0.4) is 0 Å². The number of imidazole rings is 2. The molecule has 66 heavy (non-hydrogen) atoms. The van der Waals surface area contributed by atoms with Gasteiger partial charge in [0.25, 0.3) is 5.91 Å². The monoisotopic (exact) mass is 888 g/mol. The Morgan fingerprint density at radius 2 is 1.48 bits per heavy atom. The molecule has 2 aromatic heterocycles. The standard InChI is InChI=1S/C52H56N8O6/c1-9-12-13-18-32(6)45(58-52(64)66-8)50(62)59-25-14-19-41(59)47-53-30-40(55-47)37-28-34(16-10-2)43(35(29-37)17-11-3)36-21-23-38-33(27-36)22-24-39-46(38)56-48(54-39)42-20-15-26-60(42)49(61)44(31(4)5)57-51(63)65-7/h9,12-13,18,21-24,27-31,41-42,44-45H,6,14-15,19-20,25-26H2,1-5,7-8H3,(H,53,55)(H,54,56)(H,57,63)(H,58,64)/b12-9-,18-13-/t41-,42-,44-,45+/m0/s1. The predicted octanol–water partition coefficient (Wildman–Crippen LogP) is 8.64. The van der Waals surface area contributed by atoms with Gasteiger partial charge in [-0.25, -0.2) is 19.6 Å². The van der Waals surface area contributed by atoms with E-state index in [0.29, 0.717) is 36.7 Å². The Morgan fingerprint density at radius 3 is 2.12 bits per heavy atom. The Labute approximate surface area is 385 Å². The maximum Gasteiger partial charge on any atom is 0.407 e. The van der Waals surface area contributed by atoms with E-state index in [9.17, 15) is 19.2 Å². The molecule has 14 heteroatoms. The van der Waals surface area contributed by atoms with Crippen LogP contribution in [0.1, 0.15) is 95.2 Å². The molecule has 2 fully saturated rings. The maximum absolute atomic E-state index is 14.1. The molecule has 4 atom stereocenters. The largest absolute Gasteiger partial charge is 0.453 e. The van der Waals surface area contributed by atoms with Crippen LogP contribution in [0.25, 0.3) is 44.2 Å². The fourth-order valence-corrected chi connectivity index (χ4v) is 8.91. The van der Waals surface area contributed by atoms with Crippen molar-refractivity contribution in [3.8, 4) is 46.1 Å². The summed E-state index contributed by atoms with van der Waals surface area (Å²) >= 11 is 0. The number of methoxy groups -OCH3 is 2. The van der Waals surface area contributed by atoms with Crippen molar-refractivity contribution in [2.24, 2.45) is 5.92 Å². The molecule has 340 valence electrons. The molecular formula is C52H56N8O6. The third-order valence-electron chi connectivity index (χ3n) is 12.1. The molecule has 0 bridgehead atoms. The lowest BCUT2D eigenvalue weighted by Crippen LogP contribution is -2.51. The van der Waals surface area contributed by atoms with Gasteiger partial charge in [-0.3, -0.25) is 9.59 Å². The van der Waals surface area contributed by atoms with Crippen molar-refractivity contribution in [1.29, 1.82) is 0 Å². The van der Waals surface area contributed by atoms with Gasteiger partial charge in [-0.1, -0.05) is 74.8 Å². The summed E-state index contributed by atoms with van der Waals surface area (Å²) in [6, 6.07) is 12.0. The summed E-state index contributed by atoms with van der Waals surface area (Å²) in [6.07, 6.45) is 10.6. The summed E-state index contributed by atoms with van der Waals surface area (Å²) in [5.41, 5.74) is 7.08. The number of rotatable bonds is 12. The topological polar surface area (TPSA) is 175 Å². The number of likely N-dealkylation sites (tertiary alicyclic amines) is 2. The third-order valence-corrected chi connectivity index (χ3v) is 12.1. The quantitative estimate of drug-likeness (QED) is 0.0712. The highest BCUT2D eigenvalue weighted by molar-refractivity contribution is 6.06. The summed E-state index contributed by atoms with van der Waals surface area (Å²) in [4.78, 5) is 72.8. The second kappa shape index (κ2) is 20.5. The number of H-pyrrole nitrogens is 2. The fourth-order valence-electron chi connectivity index (χ4n) is 8.91. The van der Waals surface area contributed by atoms with E-state index in [1.54, 1.807) is 37.1 Å². The van der Waals surface area contributed by atoms with Crippen LogP contribution < -0.4 is 10.6 Å². The predicted molar refractivity (Wildman–Crippen MR) is 256 cm³/mol. The average Bonchev–Trinajstić information content (AvgIpc) is 4.16. The Balaban J connectivity index is 1.19. The minimum absolute atomic E-state index is 0.137. The number of nitrogens with zero attached hydrogens (tertiary/aromatic N) is 4. The third kappa shape index (κ3) is 9.59. The van der Waals surface area contributed by atoms with Crippen molar-refractivity contribution in [1.82, 2.24) is 40.4 Å². The van der Waals surface area contributed by atoms with Gasteiger partial charge in [-0.15, -0.1) is 11.8 Å². The van der Waals surface area contributed by atoms with Crippen LogP contribution in [0.2, 0.25) is 0 Å². The van der Waals surface area contributed by atoms with E-state index in [2.05, 4.69) is 75.1 Å². The second-order valence-corrected chi connectivity index (χ2v) is 16.7. The molecule has 5 aromatic rings. The summed E-state index contributed by atoms with van der Waals surface area (Å²) < 4.78 is 9.65. The van der Waals surface area contributed by atoms with E-state index in [1.807, 2.05) is 56.0 Å². The lowest BCUT2D eigenvalue weighted by molar-refractivity contribution is -0.135. The number of hydrogen-bond donors (Lipinski definition) is 4. The fraction of sp³-hybridized carbons (Fsp3) is 0.346. The van der Waals surface area contributed by atoms with Crippen LogP contribution in [-0.2, 0) is 19.1 Å². The van der Waals surface area contributed by atoms with Crippen LogP contribution in [0, 0.1) is 29.6 Å². The van der Waals surface area contributed by atoms with Gasteiger partial charge in [-0.05, 0) is 93.2 Å². The van der Waals surface area contributed by atoms with Gasteiger partial charge in [0.1, 0.15) is 23.7 Å². The van der Waals surface area contributed by atoms with Crippen LogP contribution in [0.5, 0.6) is 0 Å². The van der Waals surface area contributed by atoms with Gasteiger partial charge in [0.2, 0.25) is 5.91 Å². The Morgan fingerprint density at radius 1 is 0.833 bits per heavy atom. The van der Waals surface area contributed by atoms with Crippen LogP contribution in [-0.4, -0.2) is 93.1 Å². The average molecular weight is 889 g/mol. The maximum atomic E-state index is 14.1. The molecule has 7 rings (SSSR count). The molecule has 4 N–H and O–H groups in total. The lowest BCUT2D eigenvalue weighted by Gasteiger charge is -2.29. The first-order valence-corrected chi connectivity index (χ1v) is 22.2. The number of fused-ring (bicyclic) bond motifs is 3. The number of aromatic amines is 2. The lowest BCUT2D eigenvalue weighted by atomic mass is 9.90. The number of ether oxygens (including phenoxy) is 2. The molecule has 0 unspecified atom stereocenters. The zero-order valence-corrected chi connectivity index (χ0v) is 38.5. The molecule has 3 aromatic carbocycles. The molecule has 4 heterocycles. The van der Waals surface area contributed by atoms with Crippen molar-refractivity contribution in [2.45, 2.75) is 84.5 Å². The number of allylic oxidation sites excluding steroid dienone is 3. The summed E-state index contributed by atoms with van der Waals surface area (Å²) in [6.45, 7) is 14.4. The van der Waals surface area contributed by atoms with Gasteiger partial charge in [0.15, 0.2) is 0 Å². The SMILES string of the molecule is C=C(/C=C\C=C/C)[C@@H](NC(=O)OC)C(=O)N1CCC[C@H]1c1ncc(-c2cc(C#CC)c(-c3ccc4c(ccc5[nH]c([C@@H]6CCCN6C(=O)[C@@H](NC(=O)OC)C(C)C)nc54)c3)c(C#CC)c2)[nH]1. The summed E-state index contributed by atoms with van der Waals surface area (Å²) in [7, 11) is 2.54. The molecule has 0 aliphatic carbocycles. The van der Waals surface area contributed by atoms with Gasteiger partial charge >= 0.3 is 12.2 Å². The summed E-state index contributed by atoms with van der Waals surface area (Å²) in [5.74, 6) is 13.6. The second-order valence-electron chi connectivity index (χ2n) is 16.7. The molecular weight excluding hydrogens is 833 g/mol. The van der Waals surface area contributed by atoms with Crippen molar-refractivity contribution < 1.29 is 28.7 Å². The van der Waals surface area contributed by atoms with E-state index < -0.39 is 24.3 Å². The minimum Gasteiger partial charge on any atom is -0.453 e. The highest BCUT2D eigenvalue weighted by Gasteiger charge is 2.39. The van der Waals surface area contributed by atoms with E-state index in [-0.39, 0.29) is 29.8 Å². The molecule has 14 nitrogen and oxygen atoms in total. The molecule has 2 aliphatic rings. The molecule has 0 saturated carbocycles. The normalized spacial score (nSPS) is 16.8. The Kier molecular flexibility index (Phi) is 14.4. The number of carbonyl (C=O) groups is 4. The molecule has 0 spiro atoms. The van der Waals surface area contributed by atoms with Crippen molar-refractivity contribution in [2.75, 3.05) is 27.3 Å². The van der Waals surface area contributed by atoms with Crippen molar-refractivity contribution in [3.63, 3.8) is 0 Å².